The van der Waals surface area contributed by atoms with Crippen LogP contribution in [0, 0.1) is 18.8 Å². The molecule has 3 aromatic rings. The highest BCUT2D eigenvalue weighted by atomic mass is 35.5. The molecular formula is C19H13ClN2. The van der Waals surface area contributed by atoms with Gasteiger partial charge in [-0.3, -0.25) is 0 Å². The second-order valence-electron chi connectivity index (χ2n) is 4.85. The van der Waals surface area contributed by atoms with Gasteiger partial charge in [-0.25, -0.2) is 0 Å². The molecule has 0 fully saturated rings. The molecule has 0 amide bonds. The van der Waals surface area contributed by atoms with Crippen LogP contribution in [-0.2, 0) is 0 Å². The van der Waals surface area contributed by atoms with Gasteiger partial charge in [0.15, 0.2) is 0 Å². The van der Waals surface area contributed by atoms with Crippen molar-refractivity contribution in [2.75, 3.05) is 0 Å². The van der Waals surface area contributed by atoms with Gasteiger partial charge in [-0.1, -0.05) is 60.0 Å². The molecule has 0 bridgehead atoms. The van der Waals surface area contributed by atoms with E-state index in [1.165, 1.54) is 17.3 Å². The maximum absolute atomic E-state index is 5.89. The second kappa shape index (κ2) is 6.43. The molecule has 0 aliphatic rings. The summed E-state index contributed by atoms with van der Waals surface area (Å²) in [5, 5.41) is 8.29. The lowest BCUT2D eigenvalue weighted by Crippen LogP contribution is -1.89. The van der Waals surface area contributed by atoms with Gasteiger partial charge in [0.1, 0.15) is 5.69 Å². The van der Waals surface area contributed by atoms with Gasteiger partial charge < -0.3 is 0 Å². The summed E-state index contributed by atoms with van der Waals surface area (Å²) in [6.07, 6.45) is 1.49. The van der Waals surface area contributed by atoms with Crippen LogP contribution in [0.4, 0.5) is 0 Å². The zero-order valence-electron chi connectivity index (χ0n) is 12.0. The van der Waals surface area contributed by atoms with Crippen molar-refractivity contribution >= 4 is 11.6 Å². The third kappa shape index (κ3) is 3.16. The first-order chi connectivity index (χ1) is 10.7. The fraction of sp³-hybridized carbons (Fsp3) is 0.0526. The molecule has 1 heterocycles. The van der Waals surface area contributed by atoms with Gasteiger partial charge in [-0.05, 0) is 41.7 Å². The van der Waals surface area contributed by atoms with Crippen molar-refractivity contribution in [2.24, 2.45) is 0 Å². The van der Waals surface area contributed by atoms with Gasteiger partial charge in [-0.15, -0.1) is 5.10 Å². The molecule has 0 saturated carbocycles. The molecule has 2 nitrogen and oxygen atoms in total. The maximum atomic E-state index is 5.89. The van der Waals surface area contributed by atoms with Crippen LogP contribution in [0.3, 0.4) is 0 Å². The van der Waals surface area contributed by atoms with E-state index in [0.29, 0.717) is 10.7 Å². The van der Waals surface area contributed by atoms with Crippen LogP contribution in [0.15, 0.2) is 60.8 Å². The Balaban J connectivity index is 2.00. The highest BCUT2D eigenvalue weighted by Crippen LogP contribution is 2.25. The fourth-order valence-corrected chi connectivity index (χ4v) is 2.38. The van der Waals surface area contributed by atoms with Crippen LogP contribution in [0.25, 0.3) is 11.1 Å². The SMILES string of the molecule is Cc1c(C#Cc2cc(Cl)cnn2)cccc1-c1ccccc1. The first kappa shape index (κ1) is 14.3. The Hall–Kier alpha value is -2.63. The molecule has 106 valence electrons. The molecule has 0 aliphatic heterocycles. The van der Waals surface area contributed by atoms with Crippen LogP contribution in [0.5, 0.6) is 0 Å². The van der Waals surface area contributed by atoms with E-state index < -0.39 is 0 Å². The third-order valence-corrected chi connectivity index (χ3v) is 3.57. The lowest BCUT2D eigenvalue weighted by molar-refractivity contribution is 1.01. The Morgan fingerprint density at radius 2 is 1.77 bits per heavy atom. The number of nitrogens with zero attached hydrogens (tertiary/aromatic N) is 2. The molecule has 2 aromatic carbocycles. The summed E-state index contributed by atoms with van der Waals surface area (Å²) < 4.78 is 0. The van der Waals surface area contributed by atoms with Crippen LogP contribution in [-0.4, -0.2) is 10.2 Å². The number of aromatic nitrogens is 2. The van der Waals surface area contributed by atoms with E-state index in [-0.39, 0.29) is 0 Å². The molecule has 0 spiro atoms. The van der Waals surface area contributed by atoms with Crippen LogP contribution in [0.1, 0.15) is 16.8 Å². The normalized spacial score (nSPS) is 9.91. The Labute approximate surface area is 134 Å². The van der Waals surface area contributed by atoms with Gasteiger partial charge in [-0.2, -0.15) is 5.10 Å². The summed E-state index contributed by atoms with van der Waals surface area (Å²) in [5.41, 5.74) is 5.06. The second-order valence-corrected chi connectivity index (χ2v) is 5.29. The van der Waals surface area contributed by atoms with Crippen molar-refractivity contribution in [1.82, 2.24) is 10.2 Å². The standard InChI is InChI=1S/C19H13ClN2/c1-14-15(10-11-18-12-17(20)13-21-22-18)8-5-9-19(14)16-6-3-2-4-7-16/h2-9,12-13H,1H3. The Morgan fingerprint density at radius 1 is 0.955 bits per heavy atom. The molecule has 0 saturated heterocycles. The first-order valence-electron chi connectivity index (χ1n) is 6.89. The number of benzene rings is 2. The van der Waals surface area contributed by atoms with Crippen LogP contribution < -0.4 is 0 Å². The smallest absolute Gasteiger partial charge is 0.137 e. The first-order valence-corrected chi connectivity index (χ1v) is 7.27. The predicted octanol–water partition coefficient (Wildman–Crippen LogP) is 4.51. The predicted molar refractivity (Wildman–Crippen MR) is 89.6 cm³/mol. The number of hydrogen-bond acceptors (Lipinski definition) is 2. The van der Waals surface area contributed by atoms with Crippen molar-refractivity contribution < 1.29 is 0 Å². The lowest BCUT2D eigenvalue weighted by atomic mass is 9.97. The van der Waals surface area contributed by atoms with Gasteiger partial charge in [0, 0.05) is 5.56 Å². The number of halogens is 1. The third-order valence-electron chi connectivity index (χ3n) is 3.36. The van der Waals surface area contributed by atoms with Gasteiger partial charge in [0.2, 0.25) is 0 Å². The minimum Gasteiger partial charge on any atom is -0.156 e. The summed E-state index contributed by atoms with van der Waals surface area (Å²) in [7, 11) is 0. The van der Waals surface area contributed by atoms with E-state index in [0.717, 1.165) is 11.1 Å². The zero-order chi connectivity index (χ0) is 15.4. The van der Waals surface area contributed by atoms with Crippen molar-refractivity contribution in [3.63, 3.8) is 0 Å². The van der Waals surface area contributed by atoms with Gasteiger partial charge in [0.25, 0.3) is 0 Å². The van der Waals surface area contributed by atoms with Gasteiger partial charge >= 0.3 is 0 Å². The summed E-state index contributed by atoms with van der Waals surface area (Å²) in [6, 6.07) is 18.1. The van der Waals surface area contributed by atoms with E-state index >= 15 is 0 Å². The number of hydrogen-bond donors (Lipinski definition) is 0. The molecule has 3 rings (SSSR count). The highest BCUT2D eigenvalue weighted by Gasteiger charge is 2.04. The quantitative estimate of drug-likeness (QED) is 0.618. The van der Waals surface area contributed by atoms with E-state index in [9.17, 15) is 0 Å². The molecule has 0 aliphatic carbocycles. The minimum absolute atomic E-state index is 0.536. The van der Waals surface area contributed by atoms with Gasteiger partial charge in [0.05, 0.1) is 11.2 Å². The average Bonchev–Trinajstić information content (AvgIpc) is 2.55. The molecular weight excluding hydrogens is 292 g/mol. The van der Waals surface area contributed by atoms with E-state index in [4.69, 9.17) is 11.6 Å². The molecule has 1 aromatic heterocycles. The lowest BCUT2D eigenvalue weighted by Gasteiger charge is -2.07. The Bertz CT molecular complexity index is 861. The van der Waals surface area contributed by atoms with Crippen molar-refractivity contribution in [2.45, 2.75) is 6.92 Å². The summed E-state index contributed by atoms with van der Waals surface area (Å²) >= 11 is 5.89. The molecule has 0 radical (unpaired) electrons. The minimum atomic E-state index is 0.536. The summed E-state index contributed by atoms with van der Waals surface area (Å²) in [5.74, 6) is 6.17. The maximum Gasteiger partial charge on any atom is 0.137 e. The van der Waals surface area contributed by atoms with Crippen molar-refractivity contribution in [3.8, 4) is 23.0 Å². The van der Waals surface area contributed by atoms with Crippen molar-refractivity contribution in [3.05, 3.63) is 82.6 Å². The molecule has 0 unspecified atom stereocenters. The van der Waals surface area contributed by atoms with E-state index in [2.05, 4.69) is 47.2 Å². The van der Waals surface area contributed by atoms with Crippen LogP contribution >= 0.6 is 11.6 Å². The molecule has 0 N–H and O–H groups in total. The molecule has 0 atom stereocenters. The molecule has 22 heavy (non-hydrogen) atoms. The number of rotatable bonds is 1. The summed E-state index contributed by atoms with van der Waals surface area (Å²) in [6.45, 7) is 2.08. The fourth-order valence-electron chi connectivity index (χ4n) is 2.24. The van der Waals surface area contributed by atoms with Crippen LogP contribution in [0.2, 0.25) is 5.02 Å². The topological polar surface area (TPSA) is 25.8 Å². The zero-order valence-corrected chi connectivity index (χ0v) is 12.8. The Morgan fingerprint density at radius 3 is 2.55 bits per heavy atom. The summed E-state index contributed by atoms with van der Waals surface area (Å²) in [4.78, 5) is 0. The highest BCUT2D eigenvalue weighted by molar-refractivity contribution is 6.30. The van der Waals surface area contributed by atoms with Crippen molar-refractivity contribution in [1.29, 1.82) is 0 Å². The largest absolute Gasteiger partial charge is 0.156 e. The molecule has 3 heteroatoms. The van der Waals surface area contributed by atoms with E-state index in [1.807, 2.05) is 30.3 Å². The van der Waals surface area contributed by atoms with E-state index in [1.54, 1.807) is 6.07 Å². The monoisotopic (exact) mass is 304 g/mol. The average molecular weight is 305 g/mol. The Kier molecular flexibility index (Phi) is 4.18.